The molecule has 1 aromatic rings. The van der Waals surface area contributed by atoms with Gasteiger partial charge < -0.3 is 26.0 Å². The monoisotopic (exact) mass is 489 g/mol. The number of hydrogen-bond acceptors (Lipinski definition) is 4. The van der Waals surface area contributed by atoms with E-state index < -0.39 is 0 Å². The van der Waals surface area contributed by atoms with Crippen LogP contribution >= 0.6 is 24.0 Å². The topological polar surface area (TPSA) is 92.0 Å². The molecular formula is C19H32IN5O2. The van der Waals surface area contributed by atoms with Gasteiger partial charge in [-0.05, 0) is 44.5 Å². The summed E-state index contributed by atoms with van der Waals surface area (Å²) in [4.78, 5) is 17.9. The smallest absolute Gasteiger partial charge is 0.221 e. The molecule has 0 spiro atoms. The standard InChI is InChI=1S/C19H31N5O2.HI/c1-21-19(23-11-14-26-17-8-3-2-4-9-17)22-10-6-13-24-12-5-7-16(15-24)18(20)25;/h2-4,8-9,16H,5-7,10-15H2,1H3,(H2,20,25)(H2,21,22,23);1H. The van der Waals surface area contributed by atoms with E-state index in [0.29, 0.717) is 13.2 Å². The lowest BCUT2D eigenvalue weighted by Crippen LogP contribution is -2.43. The number of amides is 1. The van der Waals surface area contributed by atoms with Crippen molar-refractivity contribution in [1.82, 2.24) is 15.5 Å². The highest BCUT2D eigenvalue weighted by molar-refractivity contribution is 14.0. The van der Waals surface area contributed by atoms with Gasteiger partial charge in [0.05, 0.1) is 12.5 Å². The van der Waals surface area contributed by atoms with Crippen molar-refractivity contribution in [2.75, 3.05) is 46.4 Å². The summed E-state index contributed by atoms with van der Waals surface area (Å²) in [6, 6.07) is 9.76. The van der Waals surface area contributed by atoms with Gasteiger partial charge in [0.1, 0.15) is 12.4 Å². The fourth-order valence-corrected chi connectivity index (χ4v) is 3.08. The number of para-hydroxylation sites is 1. The zero-order valence-corrected chi connectivity index (χ0v) is 18.4. The third-order valence-corrected chi connectivity index (χ3v) is 4.48. The lowest BCUT2D eigenvalue weighted by Gasteiger charge is -2.31. The Morgan fingerprint density at radius 1 is 1.30 bits per heavy atom. The summed E-state index contributed by atoms with van der Waals surface area (Å²) in [6.07, 6.45) is 2.96. The average Bonchev–Trinajstić information content (AvgIpc) is 2.67. The fraction of sp³-hybridized carbons (Fsp3) is 0.579. The molecule has 1 aliphatic heterocycles. The zero-order chi connectivity index (χ0) is 18.6. The Morgan fingerprint density at radius 3 is 2.74 bits per heavy atom. The maximum atomic E-state index is 11.3. The summed E-state index contributed by atoms with van der Waals surface area (Å²) in [7, 11) is 1.76. The normalized spacial score (nSPS) is 17.7. The van der Waals surface area contributed by atoms with Gasteiger partial charge in [-0.3, -0.25) is 9.79 Å². The lowest BCUT2D eigenvalue weighted by atomic mass is 9.97. The van der Waals surface area contributed by atoms with Crippen LogP contribution in [0.3, 0.4) is 0 Å². The van der Waals surface area contributed by atoms with Gasteiger partial charge in [0.2, 0.25) is 5.91 Å². The van der Waals surface area contributed by atoms with Gasteiger partial charge in [-0.2, -0.15) is 0 Å². The number of carbonyl (C=O) groups is 1. The molecule has 0 aliphatic carbocycles. The molecule has 0 radical (unpaired) electrons. The van der Waals surface area contributed by atoms with Gasteiger partial charge in [0.15, 0.2) is 5.96 Å². The van der Waals surface area contributed by atoms with Crippen molar-refractivity contribution in [2.24, 2.45) is 16.6 Å². The zero-order valence-electron chi connectivity index (χ0n) is 16.0. The Kier molecular flexibility index (Phi) is 11.8. The minimum absolute atomic E-state index is 0. The van der Waals surface area contributed by atoms with Crippen molar-refractivity contribution < 1.29 is 9.53 Å². The number of nitrogens with two attached hydrogens (primary N) is 1. The van der Waals surface area contributed by atoms with Crippen LogP contribution in [0.4, 0.5) is 0 Å². The maximum absolute atomic E-state index is 11.3. The third-order valence-electron chi connectivity index (χ3n) is 4.48. The van der Waals surface area contributed by atoms with Crippen LogP contribution in [-0.2, 0) is 4.79 Å². The first-order valence-electron chi connectivity index (χ1n) is 9.33. The number of piperidine rings is 1. The maximum Gasteiger partial charge on any atom is 0.221 e. The number of carbonyl (C=O) groups excluding carboxylic acids is 1. The number of benzene rings is 1. The van der Waals surface area contributed by atoms with Crippen LogP contribution in [0, 0.1) is 5.92 Å². The number of ether oxygens (including phenoxy) is 1. The molecule has 27 heavy (non-hydrogen) atoms. The molecule has 1 aromatic carbocycles. The van der Waals surface area contributed by atoms with E-state index >= 15 is 0 Å². The van der Waals surface area contributed by atoms with E-state index in [9.17, 15) is 4.79 Å². The largest absolute Gasteiger partial charge is 0.492 e. The second kappa shape index (κ2) is 13.6. The predicted octanol–water partition coefficient (Wildman–Crippen LogP) is 1.44. The first kappa shape index (κ1) is 23.5. The Bertz CT molecular complexity index is 570. The number of rotatable bonds is 9. The van der Waals surface area contributed by atoms with Gasteiger partial charge in [-0.25, -0.2) is 0 Å². The Morgan fingerprint density at radius 2 is 2.04 bits per heavy atom. The van der Waals surface area contributed by atoms with Crippen molar-refractivity contribution in [3.05, 3.63) is 30.3 Å². The Labute approximate surface area is 179 Å². The van der Waals surface area contributed by atoms with Gasteiger partial charge in [-0.1, -0.05) is 18.2 Å². The molecule has 152 valence electrons. The highest BCUT2D eigenvalue weighted by Crippen LogP contribution is 2.15. The number of nitrogens with zero attached hydrogens (tertiary/aromatic N) is 2. The molecular weight excluding hydrogens is 457 g/mol. The molecule has 8 heteroatoms. The number of likely N-dealkylation sites (tertiary alicyclic amines) is 1. The molecule has 1 aliphatic rings. The van der Waals surface area contributed by atoms with Crippen molar-refractivity contribution in [3.63, 3.8) is 0 Å². The summed E-state index contributed by atoms with van der Waals surface area (Å²) in [6.45, 7) is 4.89. The molecule has 1 heterocycles. The van der Waals surface area contributed by atoms with E-state index in [1.54, 1.807) is 7.05 Å². The predicted molar refractivity (Wildman–Crippen MR) is 120 cm³/mol. The van der Waals surface area contributed by atoms with E-state index in [4.69, 9.17) is 10.5 Å². The number of nitrogens with one attached hydrogen (secondary N) is 2. The van der Waals surface area contributed by atoms with Crippen LogP contribution in [0.25, 0.3) is 0 Å². The number of guanidine groups is 1. The van der Waals surface area contributed by atoms with Gasteiger partial charge in [-0.15, -0.1) is 24.0 Å². The van der Waals surface area contributed by atoms with Crippen LogP contribution < -0.4 is 21.1 Å². The second-order valence-corrected chi connectivity index (χ2v) is 6.48. The van der Waals surface area contributed by atoms with Crippen LogP contribution in [0.2, 0.25) is 0 Å². The highest BCUT2D eigenvalue weighted by atomic mass is 127. The molecule has 2 rings (SSSR count). The molecule has 4 N–H and O–H groups in total. The summed E-state index contributed by atoms with van der Waals surface area (Å²) in [5.74, 6) is 1.48. The minimum atomic E-state index is -0.171. The Hall–Kier alpha value is -1.55. The number of hydrogen-bond donors (Lipinski definition) is 3. The van der Waals surface area contributed by atoms with Crippen molar-refractivity contribution in [1.29, 1.82) is 0 Å². The summed E-state index contributed by atoms with van der Waals surface area (Å²) in [5.41, 5.74) is 5.42. The van der Waals surface area contributed by atoms with Crippen LogP contribution in [0.5, 0.6) is 5.75 Å². The van der Waals surface area contributed by atoms with Crippen molar-refractivity contribution in [3.8, 4) is 5.75 Å². The number of primary amides is 1. The molecule has 0 saturated carbocycles. The molecule has 1 unspecified atom stereocenters. The first-order chi connectivity index (χ1) is 12.7. The SMILES string of the molecule is CN=C(NCCCN1CCCC(C(N)=O)C1)NCCOc1ccccc1.I. The van der Waals surface area contributed by atoms with Crippen LogP contribution in [0.15, 0.2) is 35.3 Å². The lowest BCUT2D eigenvalue weighted by molar-refractivity contribution is -0.123. The molecule has 0 aromatic heterocycles. The summed E-state index contributed by atoms with van der Waals surface area (Å²) < 4.78 is 5.65. The van der Waals surface area contributed by atoms with E-state index in [0.717, 1.165) is 57.2 Å². The fourth-order valence-electron chi connectivity index (χ4n) is 3.08. The highest BCUT2D eigenvalue weighted by Gasteiger charge is 2.23. The number of halogens is 1. The minimum Gasteiger partial charge on any atom is -0.492 e. The molecule has 0 bridgehead atoms. The van der Waals surface area contributed by atoms with Crippen LogP contribution in [0.1, 0.15) is 19.3 Å². The van der Waals surface area contributed by atoms with Crippen molar-refractivity contribution >= 4 is 35.8 Å². The van der Waals surface area contributed by atoms with Gasteiger partial charge in [0.25, 0.3) is 0 Å². The first-order valence-corrected chi connectivity index (χ1v) is 9.33. The van der Waals surface area contributed by atoms with Crippen molar-refractivity contribution in [2.45, 2.75) is 19.3 Å². The molecule has 7 nitrogen and oxygen atoms in total. The molecule has 1 amide bonds. The third kappa shape index (κ3) is 9.28. The van der Waals surface area contributed by atoms with Crippen LogP contribution in [-0.4, -0.2) is 63.1 Å². The van der Waals surface area contributed by atoms with E-state index in [2.05, 4.69) is 20.5 Å². The van der Waals surface area contributed by atoms with Gasteiger partial charge >= 0.3 is 0 Å². The van der Waals surface area contributed by atoms with E-state index in [1.165, 1.54) is 0 Å². The number of aliphatic imine (C=N–C) groups is 1. The second-order valence-electron chi connectivity index (χ2n) is 6.48. The average molecular weight is 489 g/mol. The molecule has 1 fully saturated rings. The molecule has 1 atom stereocenters. The summed E-state index contributed by atoms with van der Waals surface area (Å²) in [5, 5.41) is 6.55. The Balaban J connectivity index is 0.00000364. The van der Waals surface area contributed by atoms with E-state index in [1.807, 2.05) is 30.3 Å². The van der Waals surface area contributed by atoms with E-state index in [-0.39, 0.29) is 35.8 Å². The van der Waals surface area contributed by atoms with Gasteiger partial charge in [0, 0.05) is 20.1 Å². The molecule has 1 saturated heterocycles. The quantitative estimate of drug-likeness (QED) is 0.211. The summed E-state index contributed by atoms with van der Waals surface area (Å²) >= 11 is 0.